The fourth-order valence-electron chi connectivity index (χ4n) is 2.30. The lowest BCUT2D eigenvalue weighted by molar-refractivity contribution is 0.439. The molecule has 2 N–H and O–H groups in total. The number of hydrogen-bond acceptors (Lipinski definition) is 3. The molecule has 0 saturated heterocycles. The Bertz CT molecular complexity index is 792. The van der Waals surface area contributed by atoms with Crippen LogP contribution in [0.3, 0.4) is 0 Å². The number of hydrogen-bond donors (Lipinski definition) is 1. The molecule has 0 bridgehead atoms. The second kappa shape index (κ2) is 5.01. The van der Waals surface area contributed by atoms with Crippen molar-refractivity contribution in [3.63, 3.8) is 0 Å². The Balaban J connectivity index is 2.24. The van der Waals surface area contributed by atoms with Crippen molar-refractivity contribution in [2.24, 2.45) is 0 Å². The first-order valence-electron chi connectivity index (χ1n) is 6.34. The molecule has 1 heterocycles. The van der Waals surface area contributed by atoms with E-state index in [1.54, 1.807) is 0 Å². The summed E-state index contributed by atoms with van der Waals surface area (Å²) in [4.78, 5) is 0. The van der Waals surface area contributed by atoms with Crippen molar-refractivity contribution in [2.75, 3.05) is 5.73 Å². The highest BCUT2D eigenvalue weighted by Crippen LogP contribution is 2.37. The Morgan fingerprint density at radius 3 is 2.38 bits per heavy atom. The second-order valence-corrected chi connectivity index (χ2v) is 4.74. The minimum Gasteiger partial charge on any atom is -0.367 e. The quantitative estimate of drug-likeness (QED) is 0.769. The van der Waals surface area contributed by atoms with Crippen LogP contribution in [-0.2, 0) is 0 Å². The van der Waals surface area contributed by atoms with Crippen LogP contribution in [0.5, 0.6) is 0 Å². The molecule has 0 amide bonds. The summed E-state index contributed by atoms with van der Waals surface area (Å²) < 4.78 is 31.8. The van der Waals surface area contributed by atoms with Crippen molar-refractivity contribution in [1.29, 1.82) is 0 Å². The number of anilines is 1. The zero-order chi connectivity index (χ0) is 15.0. The maximum atomic E-state index is 13.4. The largest absolute Gasteiger partial charge is 0.367 e. The standard InChI is InChI=1S/C16H12F2N2O/c1-9-4-2-3-5-13(9)14-15(20-21-16(14)19)10-6-11(17)8-12(18)7-10/h2-8H,19H2,1H3. The summed E-state index contributed by atoms with van der Waals surface area (Å²) in [5.74, 6) is -1.24. The first-order chi connectivity index (χ1) is 10.1. The van der Waals surface area contributed by atoms with Gasteiger partial charge in [0.15, 0.2) is 0 Å². The Kier molecular flexibility index (Phi) is 3.17. The number of rotatable bonds is 2. The molecule has 0 aliphatic carbocycles. The highest BCUT2D eigenvalue weighted by Gasteiger charge is 2.19. The molecule has 1 aromatic heterocycles. The highest BCUT2D eigenvalue weighted by molar-refractivity contribution is 5.88. The molecule has 0 saturated carbocycles. The van der Waals surface area contributed by atoms with Gasteiger partial charge in [0.1, 0.15) is 17.3 Å². The third kappa shape index (κ3) is 2.38. The smallest absolute Gasteiger partial charge is 0.230 e. The van der Waals surface area contributed by atoms with E-state index >= 15 is 0 Å². The Morgan fingerprint density at radius 2 is 1.71 bits per heavy atom. The van der Waals surface area contributed by atoms with Crippen LogP contribution in [0.25, 0.3) is 22.4 Å². The monoisotopic (exact) mass is 286 g/mol. The van der Waals surface area contributed by atoms with Gasteiger partial charge in [0.2, 0.25) is 5.88 Å². The zero-order valence-electron chi connectivity index (χ0n) is 11.2. The summed E-state index contributed by atoms with van der Waals surface area (Å²) >= 11 is 0. The molecule has 0 spiro atoms. The van der Waals surface area contributed by atoms with E-state index in [4.69, 9.17) is 10.3 Å². The fourth-order valence-corrected chi connectivity index (χ4v) is 2.30. The van der Waals surface area contributed by atoms with Gasteiger partial charge in [-0.2, -0.15) is 0 Å². The van der Waals surface area contributed by atoms with Gasteiger partial charge in [-0.05, 0) is 30.2 Å². The van der Waals surface area contributed by atoms with Gasteiger partial charge in [0.25, 0.3) is 0 Å². The number of benzene rings is 2. The summed E-state index contributed by atoms with van der Waals surface area (Å²) in [5, 5.41) is 3.85. The van der Waals surface area contributed by atoms with Gasteiger partial charge >= 0.3 is 0 Å². The van der Waals surface area contributed by atoms with Gasteiger partial charge in [-0.3, -0.25) is 0 Å². The van der Waals surface area contributed by atoms with Gasteiger partial charge in [-0.1, -0.05) is 29.4 Å². The number of aromatic nitrogens is 1. The predicted molar refractivity (Wildman–Crippen MR) is 76.4 cm³/mol. The van der Waals surface area contributed by atoms with E-state index in [9.17, 15) is 8.78 Å². The van der Waals surface area contributed by atoms with E-state index < -0.39 is 11.6 Å². The van der Waals surface area contributed by atoms with Crippen LogP contribution in [0.15, 0.2) is 47.0 Å². The van der Waals surface area contributed by atoms with Crippen LogP contribution in [-0.4, -0.2) is 5.16 Å². The SMILES string of the molecule is Cc1ccccc1-c1c(-c2cc(F)cc(F)c2)noc1N. The fraction of sp³-hybridized carbons (Fsp3) is 0.0625. The van der Waals surface area contributed by atoms with E-state index in [1.807, 2.05) is 31.2 Å². The van der Waals surface area contributed by atoms with Crippen molar-refractivity contribution in [3.05, 3.63) is 59.7 Å². The van der Waals surface area contributed by atoms with E-state index in [0.717, 1.165) is 17.2 Å². The molecule has 2 aromatic carbocycles. The van der Waals surface area contributed by atoms with Crippen molar-refractivity contribution < 1.29 is 13.3 Å². The number of nitrogens with two attached hydrogens (primary N) is 1. The summed E-state index contributed by atoms with van der Waals surface area (Å²) in [6, 6.07) is 10.7. The van der Waals surface area contributed by atoms with Crippen molar-refractivity contribution in [2.45, 2.75) is 6.92 Å². The summed E-state index contributed by atoms with van der Waals surface area (Å²) in [6.07, 6.45) is 0. The average Bonchev–Trinajstić information content (AvgIpc) is 2.80. The molecule has 0 aliphatic rings. The summed E-state index contributed by atoms with van der Waals surface area (Å²) in [6.45, 7) is 1.91. The number of nitrogens with zero attached hydrogens (tertiary/aromatic N) is 1. The summed E-state index contributed by atoms with van der Waals surface area (Å²) in [7, 11) is 0. The highest BCUT2D eigenvalue weighted by atomic mass is 19.1. The van der Waals surface area contributed by atoms with Gasteiger partial charge in [-0.25, -0.2) is 8.78 Å². The molecule has 0 radical (unpaired) electrons. The Labute approximate surface area is 120 Å². The molecular weight excluding hydrogens is 274 g/mol. The van der Waals surface area contributed by atoms with E-state index in [0.29, 0.717) is 11.3 Å². The third-order valence-electron chi connectivity index (χ3n) is 3.27. The molecule has 3 aromatic rings. The van der Waals surface area contributed by atoms with Gasteiger partial charge < -0.3 is 10.3 Å². The minimum atomic E-state index is -0.678. The lowest BCUT2D eigenvalue weighted by Gasteiger charge is -2.06. The lowest BCUT2D eigenvalue weighted by Crippen LogP contribution is -1.91. The maximum absolute atomic E-state index is 13.4. The van der Waals surface area contributed by atoms with Gasteiger partial charge in [-0.15, -0.1) is 0 Å². The molecular formula is C16H12F2N2O. The van der Waals surface area contributed by atoms with Gasteiger partial charge in [0, 0.05) is 11.6 Å². The van der Waals surface area contributed by atoms with Crippen LogP contribution in [0.1, 0.15) is 5.56 Å². The van der Waals surface area contributed by atoms with E-state index in [1.165, 1.54) is 12.1 Å². The minimum absolute atomic E-state index is 0.115. The molecule has 0 atom stereocenters. The molecule has 0 unspecified atom stereocenters. The zero-order valence-corrected chi connectivity index (χ0v) is 11.2. The normalized spacial score (nSPS) is 10.8. The van der Waals surface area contributed by atoms with Gasteiger partial charge in [0.05, 0.1) is 5.56 Å². The van der Waals surface area contributed by atoms with Crippen LogP contribution in [0.2, 0.25) is 0 Å². The first-order valence-corrected chi connectivity index (χ1v) is 6.34. The number of aryl methyl sites for hydroxylation is 1. The molecule has 106 valence electrons. The predicted octanol–water partition coefficient (Wildman–Crippen LogP) is 4.18. The molecule has 21 heavy (non-hydrogen) atoms. The van der Waals surface area contributed by atoms with Crippen LogP contribution in [0, 0.1) is 18.6 Å². The molecule has 3 rings (SSSR count). The number of halogens is 2. The molecule has 3 nitrogen and oxygen atoms in total. The average molecular weight is 286 g/mol. The van der Waals surface area contributed by atoms with Crippen LogP contribution >= 0.6 is 0 Å². The molecule has 0 fully saturated rings. The third-order valence-corrected chi connectivity index (χ3v) is 3.27. The second-order valence-electron chi connectivity index (χ2n) is 4.74. The topological polar surface area (TPSA) is 52.0 Å². The van der Waals surface area contributed by atoms with E-state index in [-0.39, 0.29) is 11.4 Å². The molecule has 0 aliphatic heterocycles. The van der Waals surface area contributed by atoms with Crippen LogP contribution in [0.4, 0.5) is 14.7 Å². The lowest BCUT2D eigenvalue weighted by atomic mass is 9.97. The Hall–Kier alpha value is -2.69. The van der Waals surface area contributed by atoms with Crippen molar-refractivity contribution in [3.8, 4) is 22.4 Å². The number of nitrogen functional groups attached to an aromatic ring is 1. The first kappa shape index (κ1) is 13.3. The van der Waals surface area contributed by atoms with Crippen molar-refractivity contribution in [1.82, 2.24) is 5.16 Å². The van der Waals surface area contributed by atoms with Crippen LogP contribution < -0.4 is 5.73 Å². The van der Waals surface area contributed by atoms with Crippen molar-refractivity contribution >= 4 is 5.88 Å². The molecule has 5 heteroatoms. The summed E-state index contributed by atoms with van der Waals surface area (Å²) in [5.41, 5.74) is 8.76. The van der Waals surface area contributed by atoms with E-state index in [2.05, 4.69) is 5.16 Å². The Morgan fingerprint density at radius 1 is 1.05 bits per heavy atom. The maximum Gasteiger partial charge on any atom is 0.230 e.